The first kappa shape index (κ1) is 15.4. The Morgan fingerprint density at radius 2 is 2.29 bits per heavy atom. The van der Waals surface area contributed by atoms with Crippen molar-refractivity contribution < 1.29 is 9.84 Å². The van der Waals surface area contributed by atoms with E-state index in [0.29, 0.717) is 13.2 Å². The molecule has 5 heteroatoms. The van der Waals surface area contributed by atoms with Gasteiger partial charge in [0.25, 0.3) is 0 Å². The molecule has 2 N–H and O–H groups in total. The lowest BCUT2D eigenvalue weighted by Crippen LogP contribution is -2.30. The number of hydrogen-bond donors (Lipinski definition) is 2. The number of rotatable bonds is 8. The van der Waals surface area contributed by atoms with Crippen LogP contribution in [0.2, 0.25) is 0 Å². The monoisotopic (exact) mass is 310 g/mol. The first-order valence-corrected chi connectivity index (χ1v) is 8.96. The lowest BCUT2D eigenvalue weighted by Gasteiger charge is -2.15. The summed E-state index contributed by atoms with van der Waals surface area (Å²) in [5, 5.41) is 14.3. The molecule has 1 fully saturated rings. The van der Waals surface area contributed by atoms with Gasteiger partial charge < -0.3 is 15.2 Å². The van der Waals surface area contributed by atoms with Gasteiger partial charge in [-0.25, -0.2) is 4.98 Å². The van der Waals surface area contributed by atoms with Crippen molar-refractivity contribution in [2.45, 2.75) is 51.7 Å². The summed E-state index contributed by atoms with van der Waals surface area (Å²) in [6, 6.07) is 0. The maximum atomic E-state index is 9.85. The third kappa shape index (κ3) is 4.74. The number of hydrogen-bond acceptors (Lipinski definition) is 5. The maximum absolute atomic E-state index is 9.85. The van der Waals surface area contributed by atoms with E-state index >= 15 is 0 Å². The van der Waals surface area contributed by atoms with E-state index in [9.17, 15) is 5.11 Å². The summed E-state index contributed by atoms with van der Waals surface area (Å²) in [5.41, 5.74) is 1.31. The molecule has 3 rings (SSSR count). The summed E-state index contributed by atoms with van der Waals surface area (Å²) in [5.74, 6) is 1.55. The van der Waals surface area contributed by atoms with Gasteiger partial charge in [-0.15, -0.1) is 11.3 Å². The molecule has 1 aromatic rings. The molecule has 0 bridgehead atoms. The third-order valence-electron chi connectivity index (χ3n) is 4.25. The zero-order valence-corrected chi connectivity index (χ0v) is 13.6. The van der Waals surface area contributed by atoms with E-state index in [1.807, 2.05) is 11.3 Å². The van der Waals surface area contributed by atoms with Gasteiger partial charge in [0.1, 0.15) is 5.01 Å². The molecule has 2 aliphatic rings. The van der Waals surface area contributed by atoms with Crippen LogP contribution in [0.3, 0.4) is 0 Å². The van der Waals surface area contributed by atoms with Crippen LogP contribution in [0.4, 0.5) is 0 Å². The molecule has 0 aliphatic heterocycles. The van der Waals surface area contributed by atoms with Crippen LogP contribution >= 0.6 is 11.3 Å². The molecule has 0 radical (unpaired) electrons. The SMILES string of the molecule is CC1CCc2nc(CNCC(O)COCC3CC3)sc2C1. The molecule has 0 saturated heterocycles. The van der Waals surface area contributed by atoms with Gasteiger partial charge in [-0.1, -0.05) is 6.92 Å². The van der Waals surface area contributed by atoms with Gasteiger partial charge in [-0.3, -0.25) is 0 Å². The van der Waals surface area contributed by atoms with Gasteiger partial charge in [-0.05, 0) is 43.9 Å². The number of nitrogens with zero attached hydrogens (tertiary/aromatic N) is 1. The van der Waals surface area contributed by atoms with Crippen LogP contribution < -0.4 is 5.32 Å². The van der Waals surface area contributed by atoms with Crippen LogP contribution in [-0.4, -0.2) is 36.0 Å². The largest absolute Gasteiger partial charge is 0.389 e. The van der Waals surface area contributed by atoms with Gasteiger partial charge in [0.2, 0.25) is 0 Å². The minimum Gasteiger partial charge on any atom is -0.389 e. The van der Waals surface area contributed by atoms with Crippen LogP contribution in [0.5, 0.6) is 0 Å². The summed E-state index contributed by atoms with van der Waals surface area (Å²) < 4.78 is 5.50. The minimum absolute atomic E-state index is 0.418. The second-order valence-electron chi connectivity index (χ2n) is 6.59. The summed E-state index contributed by atoms with van der Waals surface area (Å²) in [6.07, 6.45) is 5.75. The molecule has 1 heterocycles. The summed E-state index contributed by atoms with van der Waals surface area (Å²) in [7, 11) is 0. The maximum Gasteiger partial charge on any atom is 0.107 e. The molecule has 0 aromatic carbocycles. The highest BCUT2D eigenvalue weighted by Crippen LogP contribution is 2.30. The molecule has 4 nitrogen and oxygen atoms in total. The predicted molar refractivity (Wildman–Crippen MR) is 84.6 cm³/mol. The second-order valence-corrected chi connectivity index (χ2v) is 7.76. The van der Waals surface area contributed by atoms with Crippen molar-refractivity contribution in [3.8, 4) is 0 Å². The van der Waals surface area contributed by atoms with Crippen molar-refractivity contribution in [1.29, 1.82) is 0 Å². The number of aliphatic hydroxyl groups is 1. The Hall–Kier alpha value is -0.490. The average Bonchev–Trinajstić information content (AvgIpc) is 3.18. The Kier molecular flexibility index (Phi) is 5.27. The van der Waals surface area contributed by atoms with Crippen molar-refractivity contribution in [2.24, 2.45) is 11.8 Å². The first-order chi connectivity index (χ1) is 10.2. The summed E-state index contributed by atoms with van der Waals surface area (Å²) >= 11 is 1.83. The van der Waals surface area contributed by atoms with E-state index in [0.717, 1.165) is 36.4 Å². The fourth-order valence-electron chi connectivity index (χ4n) is 2.73. The molecule has 118 valence electrons. The van der Waals surface area contributed by atoms with Crippen molar-refractivity contribution in [3.05, 3.63) is 15.6 Å². The highest BCUT2D eigenvalue weighted by Gasteiger charge is 2.22. The van der Waals surface area contributed by atoms with Crippen LogP contribution in [-0.2, 0) is 24.1 Å². The quantitative estimate of drug-likeness (QED) is 0.772. The molecule has 0 spiro atoms. The zero-order chi connectivity index (χ0) is 14.7. The molecule has 2 aliphatic carbocycles. The topological polar surface area (TPSA) is 54.4 Å². The highest BCUT2D eigenvalue weighted by molar-refractivity contribution is 7.11. The van der Waals surface area contributed by atoms with E-state index in [1.165, 1.54) is 36.3 Å². The van der Waals surface area contributed by atoms with Gasteiger partial charge in [0, 0.05) is 24.6 Å². The number of thiazole rings is 1. The number of aryl methyl sites for hydroxylation is 1. The number of aromatic nitrogens is 1. The average molecular weight is 310 g/mol. The van der Waals surface area contributed by atoms with E-state index in [-0.39, 0.29) is 0 Å². The van der Waals surface area contributed by atoms with E-state index in [1.54, 1.807) is 0 Å². The van der Waals surface area contributed by atoms with Crippen LogP contribution in [0.15, 0.2) is 0 Å². The van der Waals surface area contributed by atoms with E-state index in [4.69, 9.17) is 9.72 Å². The first-order valence-electron chi connectivity index (χ1n) is 8.14. The van der Waals surface area contributed by atoms with Gasteiger partial charge in [0.15, 0.2) is 0 Å². The Balaban J connectivity index is 1.34. The molecule has 0 amide bonds. The van der Waals surface area contributed by atoms with Crippen molar-refractivity contribution in [3.63, 3.8) is 0 Å². The second kappa shape index (κ2) is 7.18. The molecule has 1 aromatic heterocycles. The Morgan fingerprint density at radius 3 is 3.10 bits per heavy atom. The number of fused-ring (bicyclic) bond motifs is 1. The molecular weight excluding hydrogens is 284 g/mol. The van der Waals surface area contributed by atoms with Crippen molar-refractivity contribution >= 4 is 11.3 Å². The number of ether oxygens (including phenoxy) is 1. The van der Waals surface area contributed by atoms with Gasteiger partial charge >= 0.3 is 0 Å². The Morgan fingerprint density at radius 1 is 1.43 bits per heavy atom. The fraction of sp³-hybridized carbons (Fsp3) is 0.812. The number of nitrogens with one attached hydrogen (secondary N) is 1. The Bertz CT molecular complexity index is 459. The fourth-order valence-corrected chi connectivity index (χ4v) is 3.98. The summed E-state index contributed by atoms with van der Waals surface area (Å²) in [4.78, 5) is 6.19. The predicted octanol–water partition coefficient (Wildman–Crippen LogP) is 2.14. The van der Waals surface area contributed by atoms with E-state index in [2.05, 4.69) is 12.2 Å². The standard InChI is InChI=1S/C16H26N2O2S/c1-11-2-5-14-15(6-11)21-16(18-14)8-17-7-13(19)10-20-9-12-3-4-12/h11-13,17,19H,2-10H2,1H3. The van der Waals surface area contributed by atoms with Crippen LogP contribution in [0.25, 0.3) is 0 Å². The normalized spacial score (nSPS) is 23.0. The van der Waals surface area contributed by atoms with Gasteiger partial charge in [0.05, 0.1) is 18.4 Å². The highest BCUT2D eigenvalue weighted by atomic mass is 32.1. The summed E-state index contributed by atoms with van der Waals surface area (Å²) in [6.45, 7) is 4.90. The van der Waals surface area contributed by atoms with Gasteiger partial charge in [-0.2, -0.15) is 0 Å². The number of aliphatic hydroxyl groups excluding tert-OH is 1. The zero-order valence-electron chi connectivity index (χ0n) is 12.8. The lowest BCUT2D eigenvalue weighted by atomic mass is 9.93. The van der Waals surface area contributed by atoms with Crippen molar-refractivity contribution in [2.75, 3.05) is 19.8 Å². The minimum atomic E-state index is -0.418. The third-order valence-corrected chi connectivity index (χ3v) is 5.37. The smallest absolute Gasteiger partial charge is 0.107 e. The van der Waals surface area contributed by atoms with E-state index < -0.39 is 6.10 Å². The van der Waals surface area contributed by atoms with Crippen molar-refractivity contribution in [1.82, 2.24) is 10.3 Å². The molecule has 2 atom stereocenters. The molecule has 21 heavy (non-hydrogen) atoms. The van der Waals surface area contributed by atoms with Crippen LogP contribution in [0, 0.1) is 11.8 Å². The lowest BCUT2D eigenvalue weighted by molar-refractivity contribution is 0.0324. The Labute approximate surface area is 130 Å². The van der Waals surface area contributed by atoms with Crippen LogP contribution in [0.1, 0.15) is 41.8 Å². The molecular formula is C16H26N2O2S. The molecule has 1 saturated carbocycles. The molecule has 2 unspecified atom stereocenters.